The molecule has 0 heterocycles. The van der Waals surface area contributed by atoms with Gasteiger partial charge in [0.15, 0.2) is 0 Å². The number of rotatable bonds is 12. The highest BCUT2D eigenvalue weighted by Gasteiger charge is 2.07. The SMILES string of the molecule is O=C(O)CC(=O)OCCCCCCCCCCO. The average molecular weight is 260 g/mol. The van der Waals surface area contributed by atoms with Crippen LogP contribution in [0.3, 0.4) is 0 Å². The maximum absolute atomic E-state index is 10.9. The highest BCUT2D eigenvalue weighted by Crippen LogP contribution is 2.08. The fourth-order valence-electron chi connectivity index (χ4n) is 1.64. The maximum atomic E-state index is 10.9. The molecule has 0 fully saturated rings. The summed E-state index contributed by atoms with van der Waals surface area (Å²) in [6.07, 6.45) is 7.83. The Morgan fingerprint density at radius 3 is 1.83 bits per heavy atom. The number of ether oxygens (including phenoxy) is 1. The van der Waals surface area contributed by atoms with Crippen LogP contribution in [0.25, 0.3) is 0 Å². The second kappa shape index (κ2) is 12.4. The van der Waals surface area contributed by atoms with E-state index in [1.807, 2.05) is 0 Å². The molecule has 0 aliphatic rings. The Kier molecular flexibility index (Phi) is 11.6. The van der Waals surface area contributed by atoms with Crippen molar-refractivity contribution in [1.29, 1.82) is 0 Å². The van der Waals surface area contributed by atoms with Crippen molar-refractivity contribution in [3.8, 4) is 0 Å². The van der Waals surface area contributed by atoms with Crippen molar-refractivity contribution in [3.63, 3.8) is 0 Å². The first kappa shape index (κ1) is 16.9. The van der Waals surface area contributed by atoms with E-state index in [9.17, 15) is 9.59 Å². The molecule has 0 amide bonds. The van der Waals surface area contributed by atoms with Crippen molar-refractivity contribution >= 4 is 11.9 Å². The molecule has 0 aliphatic carbocycles. The summed E-state index contributed by atoms with van der Waals surface area (Å²) in [7, 11) is 0. The van der Waals surface area contributed by atoms with E-state index >= 15 is 0 Å². The molecule has 18 heavy (non-hydrogen) atoms. The molecule has 0 aromatic rings. The van der Waals surface area contributed by atoms with E-state index in [4.69, 9.17) is 14.9 Å². The molecule has 5 heteroatoms. The first-order chi connectivity index (χ1) is 8.66. The lowest BCUT2D eigenvalue weighted by atomic mass is 10.1. The number of hydrogen-bond acceptors (Lipinski definition) is 4. The molecule has 2 N–H and O–H groups in total. The largest absolute Gasteiger partial charge is 0.481 e. The molecule has 5 nitrogen and oxygen atoms in total. The van der Waals surface area contributed by atoms with Gasteiger partial charge in [0.1, 0.15) is 6.42 Å². The maximum Gasteiger partial charge on any atom is 0.317 e. The standard InChI is InChI=1S/C13H24O5/c14-9-7-5-3-1-2-4-6-8-10-18-13(17)11-12(15)16/h14H,1-11H2,(H,15,16). The zero-order valence-electron chi connectivity index (χ0n) is 10.9. The van der Waals surface area contributed by atoms with Crippen molar-refractivity contribution < 1.29 is 24.5 Å². The number of carboxylic acid groups (broad SMARTS) is 1. The number of aliphatic hydroxyl groups excluding tert-OH is 1. The normalized spacial score (nSPS) is 10.3. The first-order valence-corrected chi connectivity index (χ1v) is 6.65. The molecule has 0 aromatic carbocycles. The summed E-state index contributed by atoms with van der Waals surface area (Å²) in [6, 6.07) is 0. The predicted octanol–water partition coefficient (Wildman–Crippen LogP) is 2.12. The average Bonchev–Trinajstić information content (AvgIpc) is 2.30. The summed E-state index contributed by atoms with van der Waals surface area (Å²) >= 11 is 0. The smallest absolute Gasteiger partial charge is 0.317 e. The van der Waals surface area contributed by atoms with Crippen molar-refractivity contribution in [2.24, 2.45) is 0 Å². The van der Waals surface area contributed by atoms with Gasteiger partial charge in [0.2, 0.25) is 0 Å². The minimum Gasteiger partial charge on any atom is -0.481 e. The molecule has 0 unspecified atom stereocenters. The number of carboxylic acids is 1. The Bertz CT molecular complexity index is 227. The highest BCUT2D eigenvalue weighted by molar-refractivity contribution is 5.90. The second-order valence-electron chi connectivity index (χ2n) is 4.34. The molecule has 0 aromatic heterocycles. The van der Waals surface area contributed by atoms with E-state index < -0.39 is 18.4 Å². The van der Waals surface area contributed by atoms with Crippen LogP contribution in [0.5, 0.6) is 0 Å². The quantitative estimate of drug-likeness (QED) is 0.319. The van der Waals surface area contributed by atoms with E-state index in [0.717, 1.165) is 44.9 Å². The van der Waals surface area contributed by atoms with Crippen LogP contribution >= 0.6 is 0 Å². The molecule has 0 spiro atoms. The molecule has 0 rings (SSSR count). The summed E-state index contributed by atoms with van der Waals surface area (Å²) in [6.45, 7) is 0.596. The van der Waals surface area contributed by atoms with Crippen molar-refractivity contribution in [2.45, 2.75) is 57.8 Å². The first-order valence-electron chi connectivity index (χ1n) is 6.65. The van der Waals surface area contributed by atoms with E-state index in [-0.39, 0.29) is 6.61 Å². The fraction of sp³-hybridized carbons (Fsp3) is 0.846. The third kappa shape index (κ3) is 13.0. The van der Waals surface area contributed by atoms with Gasteiger partial charge in [-0.05, 0) is 12.8 Å². The van der Waals surface area contributed by atoms with Gasteiger partial charge in [-0.25, -0.2) is 0 Å². The Morgan fingerprint density at radius 1 is 0.833 bits per heavy atom. The minimum absolute atomic E-state index is 0.279. The van der Waals surface area contributed by atoms with Gasteiger partial charge in [-0.15, -0.1) is 0 Å². The number of esters is 1. The number of unbranched alkanes of at least 4 members (excludes halogenated alkanes) is 7. The summed E-state index contributed by atoms with van der Waals surface area (Å²) in [4.78, 5) is 21.0. The molecule has 0 saturated heterocycles. The van der Waals surface area contributed by atoms with Gasteiger partial charge in [0.25, 0.3) is 0 Å². The number of aliphatic carboxylic acids is 1. The molecular weight excluding hydrogens is 236 g/mol. The van der Waals surface area contributed by atoms with Crippen LogP contribution in [-0.2, 0) is 14.3 Å². The van der Waals surface area contributed by atoms with Crippen molar-refractivity contribution in [2.75, 3.05) is 13.2 Å². The highest BCUT2D eigenvalue weighted by atomic mass is 16.5. The van der Waals surface area contributed by atoms with Crippen LogP contribution < -0.4 is 0 Å². The van der Waals surface area contributed by atoms with Gasteiger partial charge in [0, 0.05) is 6.61 Å². The van der Waals surface area contributed by atoms with E-state index in [2.05, 4.69) is 0 Å². The second-order valence-corrected chi connectivity index (χ2v) is 4.34. The van der Waals surface area contributed by atoms with E-state index in [1.165, 1.54) is 6.42 Å². The molecule has 106 valence electrons. The number of aliphatic hydroxyl groups is 1. The van der Waals surface area contributed by atoms with Crippen LogP contribution in [0.2, 0.25) is 0 Å². The zero-order valence-corrected chi connectivity index (χ0v) is 10.9. The van der Waals surface area contributed by atoms with Crippen LogP contribution in [0.15, 0.2) is 0 Å². The third-order valence-corrected chi connectivity index (χ3v) is 2.61. The van der Waals surface area contributed by atoms with Crippen molar-refractivity contribution in [1.82, 2.24) is 0 Å². The molecule has 0 aliphatic heterocycles. The van der Waals surface area contributed by atoms with Gasteiger partial charge < -0.3 is 14.9 Å². The van der Waals surface area contributed by atoms with Gasteiger partial charge in [-0.2, -0.15) is 0 Å². The van der Waals surface area contributed by atoms with Gasteiger partial charge in [-0.3, -0.25) is 9.59 Å². The van der Waals surface area contributed by atoms with Gasteiger partial charge in [0.05, 0.1) is 6.61 Å². The number of carbonyl (C=O) groups is 2. The minimum atomic E-state index is -1.15. The third-order valence-electron chi connectivity index (χ3n) is 2.61. The van der Waals surface area contributed by atoms with Crippen LogP contribution in [-0.4, -0.2) is 35.4 Å². The summed E-state index contributed by atoms with van der Waals surface area (Å²) < 4.78 is 4.76. The summed E-state index contributed by atoms with van der Waals surface area (Å²) in [5, 5.41) is 16.9. The lowest BCUT2D eigenvalue weighted by molar-refractivity contribution is -0.151. The monoisotopic (exact) mass is 260 g/mol. The zero-order chi connectivity index (χ0) is 13.6. The van der Waals surface area contributed by atoms with Crippen molar-refractivity contribution in [3.05, 3.63) is 0 Å². The van der Waals surface area contributed by atoms with E-state index in [1.54, 1.807) is 0 Å². The lowest BCUT2D eigenvalue weighted by Gasteiger charge is -2.03. The number of hydrogen-bond donors (Lipinski definition) is 2. The van der Waals surface area contributed by atoms with E-state index in [0.29, 0.717) is 6.61 Å². The van der Waals surface area contributed by atoms with Gasteiger partial charge in [-0.1, -0.05) is 38.5 Å². The molecule has 0 atom stereocenters. The molecular formula is C13H24O5. The fourth-order valence-corrected chi connectivity index (χ4v) is 1.64. The Hall–Kier alpha value is -1.10. The predicted molar refractivity (Wildman–Crippen MR) is 67.2 cm³/mol. The Labute approximate surface area is 108 Å². The lowest BCUT2D eigenvalue weighted by Crippen LogP contribution is -2.11. The summed E-state index contributed by atoms with van der Waals surface area (Å²) in [5.41, 5.74) is 0. The molecule has 0 bridgehead atoms. The van der Waals surface area contributed by atoms with Crippen LogP contribution in [0, 0.1) is 0 Å². The topological polar surface area (TPSA) is 83.8 Å². The van der Waals surface area contributed by atoms with Gasteiger partial charge >= 0.3 is 11.9 Å². The Balaban J connectivity index is 3.11. The number of carbonyl (C=O) groups excluding carboxylic acids is 1. The molecule has 0 radical (unpaired) electrons. The Morgan fingerprint density at radius 2 is 1.33 bits per heavy atom. The van der Waals surface area contributed by atoms with Crippen LogP contribution in [0.1, 0.15) is 57.8 Å². The summed E-state index contributed by atoms with van der Waals surface area (Å²) in [5.74, 6) is -1.81. The van der Waals surface area contributed by atoms with Crippen LogP contribution in [0.4, 0.5) is 0 Å². The molecule has 0 saturated carbocycles.